The van der Waals surface area contributed by atoms with Gasteiger partial charge in [0.15, 0.2) is 0 Å². The van der Waals surface area contributed by atoms with Gasteiger partial charge in [0.2, 0.25) is 11.8 Å². The zero-order valence-electron chi connectivity index (χ0n) is 23.4. The van der Waals surface area contributed by atoms with Crippen LogP contribution in [0, 0.1) is 0 Å². The molecule has 3 aliphatic heterocycles. The van der Waals surface area contributed by atoms with Gasteiger partial charge in [-0.3, -0.25) is 25.0 Å². The number of para-hydroxylation sites is 1. The first-order valence-electron chi connectivity index (χ1n) is 14.2. The Morgan fingerprint density at radius 3 is 2.42 bits per heavy atom. The van der Waals surface area contributed by atoms with Crippen LogP contribution in [0.4, 0.5) is 10.5 Å². The number of anilines is 1. The van der Waals surface area contributed by atoms with E-state index in [0.29, 0.717) is 65.7 Å². The Labute approximate surface area is 248 Å². The van der Waals surface area contributed by atoms with Crippen molar-refractivity contribution in [3.05, 3.63) is 83.4 Å². The maximum atomic E-state index is 13.7. The molecular weight excluding hydrogens is 554 g/mol. The lowest BCUT2D eigenvalue weighted by Crippen LogP contribution is -2.52. The summed E-state index contributed by atoms with van der Waals surface area (Å²) in [4.78, 5) is 52.1. The largest absolute Gasteiger partial charge is 0.489 e. The standard InChI is InChI=1S/C32H31N3O8/c36-27-13-12-26(30(37)34-27)35-18-20-6-7-21(29(28(20)31(35)38)43-25-14-16-40-17-15-25)19-41-32(39)33-22-8-10-24(11-9-22)42-23-4-2-1-3-5-23/h1-11,25-26H,12-19H2,(H,33,39)(H,34,36,37). The second kappa shape index (κ2) is 12.5. The summed E-state index contributed by atoms with van der Waals surface area (Å²) in [5.41, 5.74) is 2.12. The van der Waals surface area contributed by atoms with Crippen molar-refractivity contribution in [1.29, 1.82) is 0 Å². The molecule has 2 fully saturated rings. The van der Waals surface area contributed by atoms with Crippen molar-refractivity contribution in [2.24, 2.45) is 0 Å². The molecule has 0 aliphatic carbocycles. The highest BCUT2D eigenvalue weighted by Crippen LogP contribution is 2.38. The Morgan fingerprint density at radius 1 is 0.930 bits per heavy atom. The van der Waals surface area contributed by atoms with Gasteiger partial charge in [0, 0.05) is 37.1 Å². The number of ether oxygens (including phenoxy) is 4. The highest BCUT2D eigenvalue weighted by molar-refractivity contribution is 6.06. The number of hydrogen-bond acceptors (Lipinski definition) is 8. The van der Waals surface area contributed by atoms with Crippen LogP contribution >= 0.6 is 0 Å². The molecule has 43 heavy (non-hydrogen) atoms. The number of carbonyl (C=O) groups excluding carboxylic acids is 4. The number of carbonyl (C=O) groups is 4. The Kier molecular flexibility index (Phi) is 8.23. The van der Waals surface area contributed by atoms with Crippen molar-refractivity contribution in [3.8, 4) is 17.2 Å². The first kappa shape index (κ1) is 28.2. The van der Waals surface area contributed by atoms with Gasteiger partial charge >= 0.3 is 6.09 Å². The molecule has 11 nitrogen and oxygen atoms in total. The number of amides is 4. The lowest BCUT2D eigenvalue weighted by atomic mass is 10.0. The Bertz CT molecular complexity index is 1520. The quantitative estimate of drug-likeness (QED) is 0.368. The van der Waals surface area contributed by atoms with Crippen LogP contribution in [0.25, 0.3) is 0 Å². The van der Waals surface area contributed by atoms with Crippen molar-refractivity contribution in [1.82, 2.24) is 10.2 Å². The molecule has 2 N–H and O–H groups in total. The summed E-state index contributed by atoms with van der Waals surface area (Å²) in [5, 5.41) is 5.03. The van der Waals surface area contributed by atoms with E-state index in [1.165, 1.54) is 4.90 Å². The van der Waals surface area contributed by atoms with E-state index in [9.17, 15) is 19.2 Å². The van der Waals surface area contributed by atoms with E-state index in [1.54, 1.807) is 36.4 Å². The second-order valence-electron chi connectivity index (χ2n) is 10.6. The summed E-state index contributed by atoms with van der Waals surface area (Å²) >= 11 is 0. The van der Waals surface area contributed by atoms with Crippen LogP contribution in [0.3, 0.4) is 0 Å². The van der Waals surface area contributed by atoms with Gasteiger partial charge in [0.1, 0.15) is 36.0 Å². The first-order valence-corrected chi connectivity index (χ1v) is 14.2. The van der Waals surface area contributed by atoms with Crippen molar-refractivity contribution in [3.63, 3.8) is 0 Å². The molecule has 2 saturated heterocycles. The summed E-state index contributed by atoms with van der Waals surface area (Å²) < 4.78 is 23.2. The molecule has 222 valence electrons. The fourth-order valence-electron chi connectivity index (χ4n) is 5.40. The number of piperidine rings is 1. The summed E-state index contributed by atoms with van der Waals surface area (Å²) in [6.45, 7) is 1.16. The average molecular weight is 586 g/mol. The number of hydrogen-bond donors (Lipinski definition) is 2. The normalized spacial score (nSPS) is 18.6. The summed E-state index contributed by atoms with van der Waals surface area (Å²) in [6.07, 6.45) is 0.876. The van der Waals surface area contributed by atoms with Gasteiger partial charge in [-0.05, 0) is 48.4 Å². The van der Waals surface area contributed by atoms with Crippen LogP contribution in [0.1, 0.15) is 47.2 Å². The number of fused-ring (bicyclic) bond motifs is 1. The molecule has 4 amide bonds. The van der Waals surface area contributed by atoms with E-state index in [1.807, 2.05) is 30.3 Å². The molecule has 1 unspecified atom stereocenters. The molecule has 11 heteroatoms. The third kappa shape index (κ3) is 6.46. The molecule has 0 bridgehead atoms. The molecule has 3 aromatic rings. The molecule has 6 rings (SSSR count). The van der Waals surface area contributed by atoms with E-state index < -0.39 is 18.0 Å². The van der Waals surface area contributed by atoms with E-state index in [-0.39, 0.29) is 43.9 Å². The third-order valence-electron chi connectivity index (χ3n) is 7.62. The van der Waals surface area contributed by atoms with Crippen LogP contribution in [-0.2, 0) is 32.2 Å². The Hall–Kier alpha value is -4.90. The number of nitrogens with one attached hydrogen (secondary N) is 2. The van der Waals surface area contributed by atoms with Crippen LogP contribution in [-0.4, -0.2) is 54.1 Å². The molecular formula is C32H31N3O8. The highest BCUT2D eigenvalue weighted by atomic mass is 16.6. The summed E-state index contributed by atoms with van der Waals surface area (Å²) in [6, 6.07) is 19.1. The van der Waals surface area contributed by atoms with Gasteiger partial charge < -0.3 is 23.8 Å². The van der Waals surface area contributed by atoms with Crippen molar-refractivity contribution < 1.29 is 38.1 Å². The van der Waals surface area contributed by atoms with Gasteiger partial charge in [-0.1, -0.05) is 30.3 Å². The minimum absolute atomic E-state index is 0.140. The average Bonchev–Trinajstić information content (AvgIpc) is 3.35. The van der Waals surface area contributed by atoms with Crippen LogP contribution < -0.4 is 20.1 Å². The molecule has 0 spiro atoms. The van der Waals surface area contributed by atoms with Gasteiger partial charge in [-0.25, -0.2) is 4.79 Å². The molecule has 0 aromatic heterocycles. The number of rotatable bonds is 8. The predicted molar refractivity (Wildman–Crippen MR) is 154 cm³/mol. The third-order valence-corrected chi connectivity index (χ3v) is 7.62. The first-order chi connectivity index (χ1) is 20.9. The minimum atomic E-state index is -0.747. The zero-order chi connectivity index (χ0) is 29.8. The molecule has 3 aliphatic rings. The Balaban J connectivity index is 1.15. The topological polar surface area (TPSA) is 132 Å². The lowest BCUT2D eigenvalue weighted by Gasteiger charge is -2.29. The molecule has 3 aromatic carbocycles. The number of imide groups is 1. The smallest absolute Gasteiger partial charge is 0.411 e. The molecule has 1 atom stereocenters. The van der Waals surface area contributed by atoms with Crippen LogP contribution in [0.5, 0.6) is 17.2 Å². The fourth-order valence-corrected chi connectivity index (χ4v) is 5.40. The van der Waals surface area contributed by atoms with Crippen molar-refractivity contribution in [2.75, 3.05) is 18.5 Å². The van der Waals surface area contributed by atoms with E-state index in [2.05, 4.69) is 10.6 Å². The van der Waals surface area contributed by atoms with Gasteiger partial charge in [0.25, 0.3) is 5.91 Å². The van der Waals surface area contributed by atoms with Gasteiger partial charge in [-0.2, -0.15) is 0 Å². The second-order valence-corrected chi connectivity index (χ2v) is 10.6. The van der Waals surface area contributed by atoms with Gasteiger partial charge in [0.05, 0.1) is 18.8 Å². The van der Waals surface area contributed by atoms with Crippen LogP contribution in [0.2, 0.25) is 0 Å². The molecule has 3 heterocycles. The highest BCUT2D eigenvalue weighted by Gasteiger charge is 2.41. The van der Waals surface area contributed by atoms with E-state index in [0.717, 1.165) is 0 Å². The maximum absolute atomic E-state index is 13.7. The Morgan fingerprint density at radius 2 is 1.67 bits per heavy atom. The van der Waals surface area contributed by atoms with Crippen LogP contribution in [0.15, 0.2) is 66.7 Å². The van der Waals surface area contributed by atoms with Crippen molar-refractivity contribution >= 4 is 29.5 Å². The number of benzene rings is 3. The SMILES string of the molecule is O=C1CCC(N2Cc3ccc(COC(=O)Nc4ccc(Oc5ccccc5)cc4)c(OC4CCOCC4)c3C2=O)C(=O)N1. The molecule has 0 saturated carbocycles. The summed E-state index contributed by atoms with van der Waals surface area (Å²) in [5.74, 6) is 0.492. The monoisotopic (exact) mass is 585 g/mol. The minimum Gasteiger partial charge on any atom is -0.489 e. The number of nitrogens with zero attached hydrogens (tertiary/aromatic N) is 1. The summed E-state index contributed by atoms with van der Waals surface area (Å²) in [7, 11) is 0. The molecule has 0 radical (unpaired) electrons. The fraction of sp³-hybridized carbons (Fsp3) is 0.312. The maximum Gasteiger partial charge on any atom is 0.411 e. The predicted octanol–water partition coefficient (Wildman–Crippen LogP) is 4.55. The van der Waals surface area contributed by atoms with Gasteiger partial charge in [-0.15, -0.1) is 0 Å². The van der Waals surface area contributed by atoms with Crippen molar-refractivity contribution in [2.45, 2.75) is 51.0 Å². The lowest BCUT2D eigenvalue weighted by molar-refractivity contribution is -0.136. The van der Waals surface area contributed by atoms with E-state index in [4.69, 9.17) is 18.9 Å². The van der Waals surface area contributed by atoms with E-state index >= 15 is 0 Å². The zero-order valence-corrected chi connectivity index (χ0v) is 23.4.